The van der Waals surface area contributed by atoms with Gasteiger partial charge in [-0.1, -0.05) is 23.7 Å². The molecule has 0 aromatic heterocycles. The van der Waals surface area contributed by atoms with Gasteiger partial charge in [-0.3, -0.25) is 4.79 Å². The third-order valence-corrected chi connectivity index (χ3v) is 3.31. The van der Waals surface area contributed by atoms with Gasteiger partial charge in [0, 0.05) is 16.8 Å². The quantitative estimate of drug-likeness (QED) is 0.849. The summed E-state index contributed by atoms with van der Waals surface area (Å²) in [6.07, 6.45) is 0. The molecule has 0 fully saturated rings. The van der Waals surface area contributed by atoms with E-state index in [2.05, 4.69) is 5.32 Å². The van der Waals surface area contributed by atoms with Gasteiger partial charge in [0.05, 0.1) is 11.6 Å². The zero-order chi connectivity index (χ0) is 15.6. The molecular weight excluding hydrogens is 298 g/mol. The Morgan fingerprint density at radius 3 is 2.38 bits per heavy atom. The van der Waals surface area contributed by atoms with Gasteiger partial charge in [-0.2, -0.15) is 0 Å². The molecule has 0 spiro atoms. The van der Waals surface area contributed by atoms with Crippen molar-refractivity contribution in [3.63, 3.8) is 0 Å². The molecule has 2 rings (SSSR count). The molecule has 1 unspecified atom stereocenters. The summed E-state index contributed by atoms with van der Waals surface area (Å²) in [4.78, 5) is 12.1. The SMILES string of the molecule is CC(NC(=O)c1cc(F)c(F)cc1N)c1ccc(Cl)cc1. The lowest BCUT2D eigenvalue weighted by atomic mass is 10.1. The summed E-state index contributed by atoms with van der Waals surface area (Å²) in [5, 5.41) is 3.25. The lowest BCUT2D eigenvalue weighted by molar-refractivity contribution is 0.0940. The Bertz CT molecular complexity index is 674. The molecule has 0 saturated carbocycles. The second-order valence-electron chi connectivity index (χ2n) is 4.60. The minimum Gasteiger partial charge on any atom is -0.398 e. The van der Waals surface area contributed by atoms with Crippen LogP contribution in [-0.2, 0) is 0 Å². The first-order valence-corrected chi connectivity index (χ1v) is 6.57. The van der Waals surface area contributed by atoms with Crippen LogP contribution in [0.1, 0.15) is 28.9 Å². The van der Waals surface area contributed by atoms with Crippen LogP contribution in [0.3, 0.4) is 0 Å². The highest BCUT2D eigenvalue weighted by molar-refractivity contribution is 6.30. The lowest BCUT2D eigenvalue weighted by Gasteiger charge is -2.15. The molecule has 0 aliphatic heterocycles. The third kappa shape index (κ3) is 3.49. The topological polar surface area (TPSA) is 55.1 Å². The summed E-state index contributed by atoms with van der Waals surface area (Å²) in [6.45, 7) is 1.76. The molecule has 1 amide bonds. The zero-order valence-electron chi connectivity index (χ0n) is 11.2. The molecule has 110 valence electrons. The molecule has 21 heavy (non-hydrogen) atoms. The van der Waals surface area contributed by atoms with Crippen LogP contribution in [0.15, 0.2) is 36.4 Å². The van der Waals surface area contributed by atoms with Gasteiger partial charge in [-0.15, -0.1) is 0 Å². The van der Waals surface area contributed by atoms with Crippen molar-refractivity contribution in [2.45, 2.75) is 13.0 Å². The van der Waals surface area contributed by atoms with E-state index in [1.165, 1.54) is 0 Å². The van der Waals surface area contributed by atoms with E-state index in [0.29, 0.717) is 5.02 Å². The number of halogens is 3. The fraction of sp³-hybridized carbons (Fsp3) is 0.133. The number of nitrogens with one attached hydrogen (secondary N) is 1. The van der Waals surface area contributed by atoms with Crippen LogP contribution in [-0.4, -0.2) is 5.91 Å². The number of carbonyl (C=O) groups is 1. The maximum absolute atomic E-state index is 13.2. The fourth-order valence-electron chi connectivity index (χ4n) is 1.87. The molecule has 2 aromatic carbocycles. The van der Waals surface area contributed by atoms with Gasteiger partial charge in [-0.05, 0) is 30.7 Å². The number of hydrogen-bond donors (Lipinski definition) is 2. The van der Waals surface area contributed by atoms with Crippen LogP contribution < -0.4 is 11.1 Å². The van der Waals surface area contributed by atoms with Crippen molar-refractivity contribution in [3.8, 4) is 0 Å². The number of benzene rings is 2. The Balaban J connectivity index is 2.18. The summed E-state index contributed by atoms with van der Waals surface area (Å²) >= 11 is 5.79. The highest BCUT2D eigenvalue weighted by Crippen LogP contribution is 2.20. The molecule has 6 heteroatoms. The van der Waals surface area contributed by atoms with E-state index >= 15 is 0 Å². The van der Waals surface area contributed by atoms with Crippen molar-refractivity contribution < 1.29 is 13.6 Å². The van der Waals surface area contributed by atoms with E-state index in [9.17, 15) is 13.6 Å². The molecule has 0 aliphatic rings. The Morgan fingerprint density at radius 2 is 1.76 bits per heavy atom. The Labute approximate surface area is 125 Å². The minimum absolute atomic E-state index is 0.102. The summed E-state index contributed by atoms with van der Waals surface area (Å²) in [5.41, 5.74) is 6.15. The molecule has 2 aromatic rings. The van der Waals surface area contributed by atoms with Crippen LogP contribution in [0, 0.1) is 11.6 Å². The number of nitrogen functional groups attached to an aromatic ring is 1. The molecule has 1 atom stereocenters. The number of hydrogen-bond acceptors (Lipinski definition) is 2. The molecular formula is C15H13ClF2N2O. The number of rotatable bonds is 3. The van der Waals surface area contributed by atoms with Crippen molar-refractivity contribution >= 4 is 23.2 Å². The van der Waals surface area contributed by atoms with E-state index in [1.54, 1.807) is 31.2 Å². The van der Waals surface area contributed by atoms with Crippen molar-refractivity contribution in [1.29, 1.82) is 0 Å². The first-order valence-electron chi connectivity index (χ1n) is 6.19. The van der Waals surface area contributed by atoms with E-state index < -0.39 is 17.5 Å². The smallest absolute Gasteiger partial charge is 0.253 e. The average molecular weight is 311 g/mol. The Kier molecular flexibility index (Phi) is 4.43. The summed E-state index contributed by atoms with van der Waals surface area (Å²) < 4.78 is 26.2. The van der Waals surface area contributed by atoms with Crippen LogP contribution in [0.5, 0.6) is 0 Å². The van der Waals surface area contributed by atoms with Crippen molar-refractivity contribution in [2.24, 2.45) is 0 Å². The van der Waals surface area contributed by atoms with Gasteiger partial charge < -0.3 is 11.1 Å². The lowest BCUT2D eigenvalue weighted by Crippen LogP contribution is -2.27. The average Bonchev–Trinajstić information content (AvgIpc) is 2.43. The molecule has 0 heterocycles. The maximum atomic E-state index is 13.2. The fourth-order valence-corrected chi connectivity index (χ4v) is 1.99. The largest absolute Gasteiger partial charge is 0.398 e. The molecule has 0 aliphatic carbocycles. The number of nitrogens with two attached hydrogens (primary N) is 1. The zero-order valence-corrected chi connectivity index (χ0v) is 11.9. The van der Waals surface area contributed by atoms with E-state index in [0.717, 1.165) is 17.7 Å². The third-order valence-electron chi connectivity index (χ3n) is 3.05. The summed E-state index contributed by atoms with van der Waals surface area (Å²) in [5.74, 6) is -2.78. The predicted molar refractivity (Wildman–Crippen MR) is 78.1 cm³/mol. The van der Waals surface area contributed by atoms with E-state index in [1.807, 2.05) is 0 Å². The van der Waals surface area contributed by atoms with Crippen molar-refractivity contribution in [1.82, 2.24) is 5.32 Å². The summed E-state index contributed by atoms with van der Waals surface area (Å²) in [6, 6.07) is 8.18. The molecule has 0 bridgehead atoms. The van der Waals surface area contributed by atoms with Gasteiger partial charge in [0.25, 0.3) is 5.91 Å². The standard InChI is InChI=1S/C15H13ClF2N2O/c1-8(9-2-4-10(16)5-3-9)20-15(21)11-6-12(17)13(18)7-14(11)19/h2-8H,19H2,1H3,(H,20,21). The highest BCUT2D eigenvalue weighted by Gasteiger charge is 2.16. The van der Waals surface area contributed by atoms with Crippen LogP contribution in [0.25, 0.3) is 0 Å². The summed E-state index contributed by atoms with van der Waals surface area (Å²) in [7, 11) is 0. The first kappa shape index (κ1) is 15.3. The van der Waals surface area contributed by atoms with Crippen LogP contribution in [0.4, 0.5) is 14.5 Å². The van der Waals surface area contributed by atoms with Gasteiger partial charge in [-0.25, -0.2) is 8.78 Å². The van der Waals surface area contributed by atoms with Crippen LogP contribution >= 0.6 is 11.6 Å². The van der Waals surface area contributed by atoms with Crippen molar-refractivity contribution in [3.05, 3.63) is 64.2 Å². The maximum Gasteiger partial charge on any atom is 0.253 e. The molecule has 0 radical (unpaired) electrons. The Morgan fingerprint density at radius 1 is 1.19 bits per heavy atom. The first-order chi connectivity index (χ1) is 9.88. The second-order valence-corrected chi connectivity index (χ2v) is 5.04. The van der Waals surface area contributed by atoms with E-state index in [4.69, 9.17) is 17.3 Å². The number of amides is 1. The number of anilines is 1. The minimum atomic E-state index is -1.12. The van der Waals surface area contributed by atoms with Gasteiger partial charge in [0.1, 0.15) is 0 Å². The highest BCUT2D eigenvalue weighted by atomic mass is 35.5. The second kappa shape index (κ2) is 6.10. The molecule has 3 N–H and O–H groups in total. The predicted octanol–water partition coefficient (Wildman–Crippen LogP) is 3.69. The van der Waals surface area contributed by atoms with Gasteiger partial charge >= 0.3 is 0 Å². The molecule has 0 saturated heterocycles. The normalized spacial score (nSPS) is 12.0. The van der Waals surface area contributed by atoms with Crippen LogP contribution in [0.2, 0.25) is 5.02 Å². The van der Waals surface area contributed by atoms with Gasteiger partial charge in [0.2, 0.25) is 0 Å². The van der Waals surface area contributed by atoms with E-state index in [-0.39, 0.29) is 17.3 Å². The monoisotopic (exact) mass is 310 g/mol. The van der Waals surface area contributed by atoms with Crippen molar-refractivity contribution in [2.75, 3.05) is 5.73 Å². The molecule has 3 nitrogen and oxygen atoms in total. The Hall–Kier alpha value is -2.14. The number of carbonyl (C=O) groups excluding carboxylic acids is 1. The van der Waals surface area contributed by atoms with Gasteiger partial charge in [0.15, 0.2) is 11.6 Å².